The molecule has 4 N–H and O–H groups in total. The van der Waals surface area contributed by atoms with Crippen molar-refractivity contribution in [2.24, 2.45) is 5.73 Å². The molecule has 4 nitrogen and oxygen atoms in total. The number of aromatic amines is 1. The topological polar surface area (TPSA) is 70.9 Å². The summed E-state index contributed by atoms with van der Waals surface area (Å²) in [5.41, 5.74) is 7.10. The van der Waals surface area contributed by atoms with Crippen molar-refractivity contribution in [3.05, 3.63) is 40.7 Å². The zero-order valence-electron chi connectivity index (χ0n) is 9.97. The zero-order valence-corrected chi connectivity index (χ0v) is 11.6. The van der Waals surface area contributed by atoms with Crippen LogP contribution in [0.25, 0.3) is 10.9 Å². The lowest BCUT2D eigenvalue weighted by Crippen LogP contribution is -2.31. The number of halogens is 2. The molecule has 100 valence electrons. The summed E-state index contributed by atoms with van der Waals surface area (Å²) >= 11 is 0. The maximum Gasteiger partial charge on any atom is 0.212 e. The summed E-state index contributed by atoms with van der Waals surface area (Å²) in [6.45, 7) is 1.97. The molecule has 18 heavy (non-hydrogen) atoms. The molecule has 0 fully saturated rings. The second kappa shape index (κ2) is 7.26. The number of aromatic nitrogens is 1. The predicted octanol–water partition coefficient (Wildman–Crippen LogP) is 2.48. The first-order valence-corrected chi connectivity index (χ1v) is 5.35. The number of benzene rings is 1. The van der Waals surface area contributed by atoms with Crippen molar-refractivity contribution < 1.29 is 0 Å². The number of H-pyrrole nitrogens is 1. The standard InChI is InChI=1S/C12H15N3O.2ClH/c1-2-11(13)15-10-7-14-9-6-4-3-5-8(9)12(10)16;;/h3-7,11,15H,2,13H2,1H3,(H,14,16);2*1H. The van der Waals surface area contributed by atoms with Gasteiger partial charge in [0.05, 0.1) is 6.17 Å². The molecule has 0 aliphatic carbocycles. The van der Waals surface area contributed by atoms with E-state index in [1.54, 1.807) is 12.3 Å². The largest absolute Gasteiger partial charge is 0.366 e. The van der Waals surface area contributed by atoms with E-state index in [0.717, 1.165) is 11.9 Å². The van der Waals surface area contributed by atoms with Gasteiger partial charge in [0.25, 0.3) is 0 Å². The van der Waals surface area contributed by atoms with Crippen LogP contribution in [0.3, 0.4) is 0 Å². The minimum atomic E-state index is -0.192. The molecule has 0 amide bonds. The summed E-state index contributed by atoms with van der Waals surface area (Å²) in [5.74, 6) is 0. The summed E-state index contributed by atoms with van der Waals surface area (Å²) < 4.78 is 0. The third-order valence-corrected chi connectivity index (χ3v) is 2.57. The summed E-state index contributed by atoms with van der Waals surface area (Å²) in [5, 5.41) is 3.66. The van der Waals surface area contributed by atoms with Gasteiger partial charge in [-0.15, -0.1) is 24.8 Å². The summed E-state index contributed by atoms with van der Waals surface area (Å²) in [6, 6.07) is 7.42. The molecule has 0 spiro atoms. The van der Waals surface area contributed by atoms with Gasteiger partial charge in [0, 0.05) is 17.1 Å². The van der Waals surface area contributed by atoms with Gasteiger partial charge in [-0.2, -0.15) is 0 Å². The fraction of sp³-hybridized carbons (Fsp3) is 0.250. The van der Waals surface area contributed by atoms with Crippen molar-refractivity contribution in [2.45, 2.75) is 19.5 Å². The van der Waals surface area contributed by atoms with Crippen LogP contribution in [0.4, 0.5) is 5.69 Å². The zero-order chi connectivity index (χ0) is 11.5. The van der Waals surface area contributed by atoms with Gasteiger partial charge in [-0.3, -0.25) is 4.79 Å². The third kappa shape index (κ3) is 3.38. The fourth-order valence-corrected chi connectivity index (χ4v) is 1.58. The van der Waals surface area contributed by atoms with E-state index in [2.05, 4.69) is 10.3 Å². The number of para-hydroxylation sites is 1. The molecule has 0 bridgehead atoms. The molecule has 2 aromatic rings. The highest BCUT2D eigenvalue weighted by Gasteiger charge is 2.06. The molecular weight excluding hydrogens is 273 g/mol. The highest BCUT2D eigenvalue weighted by molar-refractivity contribution is 5.85. The minimum Gasteiger partial charge on any atom is -0.366 e. The molecule has 1 atom stereocenters. The van der Waals surface area contributed by atoms with Crippen LogP contribution >= 0.6 is 24.8 Å². The molecule has 0 saturated carbocycles. The first kappa shape index (κ1) is 16.8. The number of hydrogen-bond donors (Lipinski definition) is 3. The number of pyridine rings is 1. The summed E-state index contributed by atoms with van der Waals surface area (Å²) in [6.07, 6.45) is 2.24. The average Bonchev–Trinajstić information content (AvgIpc) is 2.33. The average molecular weight is 290 g/mol. The second-order valence-corrected chi connectivity index (χ2v) is 3.74. The highest BCUT2D eigenvalue weighted by Crippen LogP contribution is 2.09. The first-order chi connectivity index (χ1) is 7.72. The Hall–Kier alpha value is -1.23. The molecule has 1 aromatic heterocycles. The Labute approximate surface area is 118 Å². The van der Waals surface area contributed by atoms with E-state index < -0.39 is 0 Å². The third-order valence-electron chi connectivity index (χ3n) is 2.57. The number of nitrogens with two attached hydrogens (primary N) is 1. The van der Waals surface area contributed by atoms with E-state index in [1.165, 1.54) is 0 Å². The first-order valence-electron chi connectivity index (χ1n) is 5.35. The van der Waals surface area contributed by atoms with Crippen LogP contribution in [-0.4, -0.2) is 11.1 Å². The molecule has 0 radical (unpaired) electrons. The van der Waals surface area contributed by atoms with E-state index in [1.807, 2.05) is 25.1 Å². The van der Waals surface area contributed by atoms with Crippen LogP contribution in [0.15, 0.2) is 35.3 Å². The lowest BCUT2D eigenvalue weighted by molar-refractivity contribution is 0.729. The van der Waals surface area contributed by atoms with Crippen LogP contribution in [0.1, 0.15) is 13.3 Å². The SMILES string of the molecule is CCC(N)Nc1c[nH]c2ccccc2c1=O.Cl.Cl. The van der Waals surface area contributed by atoms with Crippen LogP contribution in [0.2, 0.25) is 0 Å². The van der Waals surface area contributed by atoms with Crippen LogP contribution in [-0.2, 0) is 0 Å². The van der Waals surface area contributed by atoms with E-state index in [-0.39, 0.29) is 36.4 Å². The smallest absolute Gasteiger partial charge is 0.212 e. The normalized spacial score (nSPS) is 11.2. The van der Waals surface area contributed by atoms with Crippen LogP contribution in [0, 0.1) is 0 Å². The number of fused-ring (bicyclic) bond motifs is 1. The maximum atomic E-state index is 12.0. The van der Waals surface area contributed by atoms with Gasteiger partial charge >= 0.3 is 0 Å². The lowest BCUT2D eigenvalue weighted by atomic mass is 10.2. The molecule has 0 saturated heterocycles. The van der Waals surface area contributed by atoms with Crippen molar-refractivity contribution in [3.8, 4) is 0 Å². The Kier molecular flexibility index (Phi) is 6.76. The Morgan fingerprint density at radius 3 is 2.67 bits per heavy atom. The summed E-state index contributed by atoms with van der Waals surface area (Å²) in [7, 11) is 0. The van der Waals surface area contributed by atoms with Crippen molar-refractivity contribution in [2.75, 3.05) is 5.32 Å². The van der Waals surface area contributed by atoms with Crippen molar-refractivity contribution in [1.82, 2.24) is 4.98 Å². The Morgan fingerprint density at radius 2 is 2.00 bits per heavy atom. The van der Waals surface area contributed by atoms with Gasteiger partial charge in [-0.1, -0.05) is 19.1 Å². The molecule has 1 aromatic carbocycles. The molecule has 0 aliphatic rings. The molecule has 1 unspecified atom stereocenters. The number of rotatable bonds is 3. The number of hydrogen-bond acceptors (Lipinski definition) is 3. The van der Waals surface area contributed by atoms with Gasteiger partial charge in [0.1, 0.15) is 5.69 Å². The molecule has 6 heteroatoms. The van der Waals surface area contributed by atoms with E-state index in [0.29, 0.717) is 11.1 Å². The number of nitrogens with one attached hydrogen (secondary N) is 2. The Morgan fingerprint density at radius 1 is 1.33 bits per heavy atom. The van der Waals surface area contributed by atoms with Crippen molar-refractivity contribution in [3.63, 3.8) is 0 Å². The Bertz CT molecular complexity index is 556. The fourth-order valence-electron chi connectivity index (χ4n) is 1.58. The lowest BCUT2D eigenvalue weighted by Gasteiger charge is -2.12. The number of anilines is 1. The van der Waals surface area contributed by atoms with Crippen molar-refractivity contribution >= 4 is 41.4 Å². The van der Waals surface area contributed by atoms with E-state index in [4.69, 9.17) is 5.73 Å². The molecule has 2 rings (SSSR count). The highest BCUT2D eigenvalue weighted by atomic mass is 35.5. The van der Waals surface area contributed by atoms with Crippen LogP contribution in [0.5, 0.6) is 0 Å². The van der Waals surface area contributed by atoms with Crippen molar-refractivity contribution in [1.29, 1.82) is 0 Å². The quantitative estimate of drug-likeness (QED) is 0.760. The van der Waals surface area contributed by atoms with Gasteiger partial charge in [-0.05, 0) is 18.6 Å². The second-order valence-electron chi connectivity index (χ2n) is 3.74. The van der Waals surface area contributed by atoms with Gasteiger partial charge < -0.3 is 16.0 Å². The van der Waals surface area contributed by atoms with Gasteiger partial charge in [0.2, 0.25) is 5.43 Å². The van der Waals surface area contributed by atoms with Gasteiger partial charge in [0.15, 0.2) is 0 Å². The molecule has 0 aliphatic heterocycles. The monoisotopic (exact) mass is 289 g/mol. The van der Waals surface area contributed by atoms with E-state index in [9.17, 15) is 4.79 Å². The maximum absolute atomic E-state index is 12.0. The molecular formula is C12H17Cl2N3O. The van der Waals surface area contributed by atoms with Crippen LogP contribution < -0.4 is 16.5 Å². The minimum absolute atomic E-state index is 0. The van der Waals surface area contributed by atoms with E-state index >= 15 is 0 Å². The predicted molar refractivity (Wildman–Crippen MR) is 81.0 cm³/mol. The molecule has 1 heterocycles. The van der Waals surface area contributed by atoms with Gasteiger partial charge in [-0.25, -0.2) is 0 Å². The Balaban J connectivity index is 0.00000144. The summed E-state index contributed by atoms with van der Waals surface area (Å²) in [4.78, 5) is 15.1.